The minimum atomic E-state index is -4.18. The van der Waals surface area contributed by atoms with Gasteiger partial charge in [0, 0.05) is 13.1 Å². The predicted molar refractivity (Wildman–Crippen MR) is 98.7 cm³/mol. The summed E-state index contributed by atoms with van der Waals surface area (Å²) in [6.07, 6.45) is -0.714. The Balaban J connectivity index is 2.04. The quantitative estimate of drug-likeness (QED) is 0.388. The van der Waals surface area contributed by atoms with Gasteiger partial charge in [0.1, 0.15) is 24.2 Å². The van der Waals surface area contributed by atoms with Crippen LogP contribution in [0.4, 0.5) is 15.8 Å². The Morgan fingerprint density at radius 3 is 2.46 bits per heavy atom. The lowest BCUT2D eigenvalue weighted by molar-refractivity contribution is -0.384. The van der Waals surface area contributed by atoms with Crippen LogP contribution >= 0.6 is 0 Å². The summed E-state index contributed by atoms with van der Waals surface area (Å²) in [5.41, 5.74) is 0.269. The molecule has 2 aromatic carbocycles. The smallest absolute Gasteiger partial charge is 0.321 e. The molecular weight excluding hydrogens is 393 g/mol. The maximum Gasteiger partial charge on any atom is 0.321 e. The number of anilines is 1. The van der Waals surface area contributed by atoms with E-state index < -0.39 is 45.1 Å². The van der Waals surface area contributed by atoms with E-state index in [-0.39, 0.29) is 10.6 Å². The van der Waals surface area contributed by atoms with Crippen molar-refractivity contribution in [3.8, 4) is 0 Å². The second-order valence-corrected chi connectivity index (χ2v) is 7.46. The van der Waals surface area contributed by atoms with Gasteiger partial charge in [0.25, 0.3) is 5.69 Å². The summed E-state index contributed by atoms with van der Waals surface area (Å²) >= 11 is 0. The summed E-state index contributed by atoms with van der Waals surface area (Å²) < 4.78 is 44.7. The molecule has 0 aliphatic heterocycles. The fraction of sp³-hybridized carbons (Fsp3) is 0.235. The number of halogens is 1. The molecule has 0 fully saturated rings. The molecule has 0 aliphatic carbocycles. The van der Waals surface area contributed by atoms with E-state index in [0.717, 1.165) is 6.07 Å². The van der Waals surface area contributed by atoms with E-state index in [2.05, 4.69) is 5.32 Å². The van der Waals surface area contributed by atoms with Crippen molar-refractivity contribution in [2.24, 2.45) is 0 Å². The molecular formula is C17H18FN3O6S. The highest BCUT2D eigenvalue weighted by Gasteiger charge is 2.22. The topological polar surface area (TPSA) is 128 Å². The van der Waals surface area contributed by atoms with E-state index in [9.17, 15) is 27.7 Å². The lowest BCUT2D eigenvalue weighted by Gasteiger charge is -2.14. The third kappa shape index (κ3) is 5.24. The van der Waals surface area contributed by atoms with E-state index in [1.54, 1.807) is 6.92 Å². The van der Waals surface area contributed by atoms with Gasteiger partial charge in [-0.3, -0.25) is 14.9 Å². The molecule has 0 unspecified atom stereocenters. The molecule has 0 aliphatic rings. The zero-order valence-corrected chi connectivity index (χ0v) is 15.8. The van der Waals surface area contributed by atoms with Crippen LogP contribution in [0.3, 0.4) is 0 Å². The van der Waals surface area contributed by atoms with Gasteiger partial charge in [0.2, 0.25) is 10.0 Å². The van der Waals surface area contributed by atoms with E-state index in [1.165, 1.54) is 43.4 Å². The van der Waals surface area contributed by atoms with E-state index in [4.69, 9.17) is 4.74 Å². The third-order valence-electron chi connectivity index (χ3n) is 3.80. The number of nitro groups is 1. The number of nitro benzene ring substituents is 1. The normalized spacial score (nSPS) is 12.2. The van der Waals surface area contributed by atoms with Crippen LogP contribution in [-0.4, -0.2) is 32.9 Å². The van der Waals surface area contributed by atoms with Gasteiger partial charge in [-0.1, -0.05) is 12.1 Å². The van der Waals surface area contributed by atoms with Crippen molar-refractivity contribution in [3.63, 3.8) is 0 Å². The highest BCUT2D eigenvalue weighted by Crippen LogP contribution is 2.27. The minimum absolute atomic E-state index is 0.150. The van der Waals surface area contributed by atoms with Crippen molar-refractivity contribution in [1.29, 1.82) is 0 Å². The number of hydrogen-bond acceptors (Lipinski definition) is 7. The zero-order valence-electron chi connectivity index (χ0n) is 15.0. The summed E-state index contributed by atoms with van der Waals surface area (Å²) in [6.45, 7) is 0.884. The lowest BCUT2D eigenvalue weighted by atomic mass is 10.1. The maximum absolute atomic E-state index is 12.9. The van der Waals surface area contributed by atoms with Crippen molar-refractivity contribution < 1.29 is 27.3 Å². The SMILES string of the molecule is CNc1ccc(S(=O)(=O)NCC(=O)O[C@H](C)c2ccc(F)cc2)cc1[N+](=O)[O-]. The molecule has 0 amide bonds. The van der Waals surface area contributed by atoms with Gasteiger partial charge >= 0.3 is 5.97 Å². The number of carbonyl (C=O) groups excluding carboxylic acids is 1. The van der Waals surface area contributed by atoms with Gasteiger partial charge in [0.15, 0.2) is 0 Å². The molecule has 0 saturated heterocycles. The van der Waals surface area contributed by atoms with Crippen molar-refractivity contribution in [2.75, 3.05) is 18.9 Å². The van der Waals surface area contributed by atoms with Crippen LogP contribution in [0, 0.1) is 15.9 Å². The van der Waals surface area contributed by atoms with Crippen LogP contribution in [0.2, 0.25) is 0 Å². The molecule has 150 valence electrons. The van der Waals surface area contributed by atoms with Crippen LogP contribution in [0.1, 0.15) is 18.6 Å². The molecule has 28 heavy (non-hydrogen) atoms. The zero-order chi connectivity index (χ0) is 20.9. The molecule has 11 heteroatoms. The fourth-order valence-electron chi connectivity index (χ4n) is 2.32. The summed E-state index contributed by atoms with van der Waals surface area (Å²) in [5.74, 6) is -1.30. The Kier molecular flexibility index (Phi) is 6.65. The van der Waals surface area contributed by atoms with Crippen molar-refractivity contribution in [3.05, 3.63) is 64.0 Å². The predicted octanol–water partition coefficient (Wildman–Crippen LogP) is 2.36. The number of ether oxygens (including phenoxy) is 1. The van der Waals surface area contributed by atoms with E-state index in [1.807, 2.05) is 4.72 Å². The maximum atomic E-state index is 12.9. The van der Waals surface area contributed by atoms with Gasteiger partial charge in [-0.15, -0.1) is 0 Å². The average molecular weight is 411 g/mol. The van der Waals surface area contributed by atoms with Crippen molar-refractivity contribution >= 4 is 27.4 Å². The number of hydrogen-bond donors (Lipinski definition) is 2. The number of nitrogens with one attached hydrogen (secondary N) is 2. The fourth-order valence-corrected chi connectivity index (χ4v) is 3.31. The highest BCUT2D eigenvalue weighted by molar-refractivity contribution is 7.89. The largest absolute Gasteiger partial charge is 0.457 e. The Hall–Kier alpha value is -3.05. The number of nitrogens with zero attached hydrogens (tertiary/aromatic N) is 1. The number of benzene rings is 2. The highest BCUT2D eigenvalue weighted by atomic mass is 32.2. The second kappa shape index (κ2) is 8.76. The molecule has 0 spiro atoms. The Labute approximate surface area is 160 Å². The van der Waals surface area contributed by atoms with Crippen LogP contribution < -0.4 is 10.0 Å². The molecule has 0 radical (unpaired) electrons. The van der Waals surface area contributed by atoms with Crippen LogP contribution in [0.15, 0.2) is 47.4 Å². The van der Waals surface area contributed by atoms with Gasteiger partial charge in [-0.25, -0.2) is 12.8 Å². The van der Waals surface area contributed by atoms with Crippen molar-refractivity contribution in [2.45, 2.75) is 17.9 Å². The first-order valence-electron chi connectivity index (χ1n) is 8.05. The number of sulfonamides is 1. The van der Waals surface area contributed by atoms with Gasteiger partial charge < -0.3 is 10.1 Å². The summed E-state index contributed by atoms with van der Waals surface area (Å²) in [7, 11) is -2.71. The monoisotopic (exact) mass is 411 g/mol. The molecule has 2 aromatic rings. The standard InChI is InChI=1S/C17H18FN3O6S/c1-11(12-3-5-13(18)6-4-12)27-17(22)10-20-28(25,26)14-7-8-15(19-2)16(9-14)21(23)24/h3-9,11,19-20H,10H2,1-2H3/t11-/m1/s1. The molecule has 9 nitrogen and oxygen atoms in total. The Morgan fingerprint density at radius 1 is 1.25 bits per heavy atom. The van der Waals surface area contributed by atoms with Crippen LogP contribution in [-0.2, 0) is 19.6 Å². The molecule has 2 rings (SSSR count). The first-order chi connectivity index (χ1) is 13.1. The van der Waals surface area contributed by atoms with Crippen LogP contribution in [0.5, 0.6) is 0 Å². The second-order valence-electron chi connectivity index (χ2n) is 5.69. The van der Waals surface area contributed by atoms with Crippen LogP contribution in [0.25, 0.3) is 0 Å². The summed E-state index contributed by atoms with van der Waals surface area (Å²) in [4.78, 5) is 21.9. The van der Waals surface area contributed by atoms with E-state index >= 15 is 0 Å². The third-order valence-corrected chi connectivity index (χ3v) is 5.20. The van der Waals surface area contributed by atoms with Crippen molar-refractivity contribution in [1.82, 2.24) is 4.72 Å². The molecule has 2 N–H and O–H groups in total. The molecule has 0 bridgehead atoms. The molecule has 0 saturated carbocycles. The molecule has 0 heterocycles. The average Bonchev–Trinajstić information content (AvgIpc) is 2.66. The first-order valence-corrected chi connectivity index (χ1v) is 9.53. The Morgan fingerprint density at radius 2 is 1.89 bits per heavy atom. The van der Waals surface area contributed by atoms with E-state index in [0.29, 0.717) is 5.56 Å². The summed E-state index contributed by atoms with van der Waals surface area (Å²) in [5, 5.41) is 13.6. The molecule has 0 aromatic heterocycles. The summed E-state index contributed by atoms with van der Waals surface area (Å²) in [6, 6.07) is 8.63. The lowest BCUT2D eigenvalue weighted by Crippen LogP contribution is -2.31. The number of rotatable bonds is 8. The van der Waals surface area contributed by atoms with Gasteiger partial charge in [-0.05, 0) is 36.8 Å². The number of carbonyl (C=O) groups is 1. The van der Waals surface area contributed by atoms with Gasteiger partial charge in [0.05, 0.1) is 9.82 Å². The number of esters is 1. The van der Waals surface area contributed by atoms with Gasteiger partial charge in [-0.2, -0.15) is 4.72 Å². The Bertz CT molecular complexity index is 979. The minimum Gasteiger partial charge on any atom is -0.457 e. The first kappa shape index (κ1) is 21.3. The molecule has 1 atom stereocenters.